The number of hydrogen-bond donors (Lipinski definition) is 5. The molecule has 31 heavy (non-hydrogen) atoms. The fraction of sp³-hybridized carbons (Fsp3) is 0.409. The Bertz CT molecular complexity index is 855. The lowest BCUT2D eigenvalue weighted by Crippen LogP contribution is -2.59. The lowest BCUT2D eigenvalue weighted by atomic mass is 9.99. The monoisotopic (exact) mass is 435 g/mol. The summed E-state index contributed by atoms with van der Waals surface area (Å²) in [4.78, 5) is 12.9. The van der Waals surface area contributed by atoms with Crippen molar-refractivity contribution in [2.45, 2.75) is 49.8 Å². The molecule has 1 amide bonds. The second kappa shape index (κ2) is 10.3. The normalized spacial score (nSPS) is 31.9. The van der Waals surface area contributed by atoms with Crippen LogP contribution in [0.2, 0.25) is 0 Å². The summed E-state index contributed by atoms with van der Waals surface area (Å²) >= 11 is 0. The van der Waals surface area contributed by atoms with Gasteiger partial charge in [-0.3, -0.25) is 4.79 Å². The molecule has 2 aliphatic rings. The van der Waals surface area contributed by atoms with Crippen molar-refractivity contribution in [2.75, 3.05) is 6.61 Å². The first-order chi connectivity index (χ1) is 14.8. The molecule has 168 valence electrons. The minimum absolute atomic E-state index is 0.0813. The van der Waals surface area contributed by atoms with E-state index in [0.717, 1.165) is 17.7 Å². The van der Waals surface area contributed by atoms with Crippen molar-refractivity contribution >= 4 is 5.91 Å². The summed E-state index contributed by atoms with van der Waals surface area (Å²) in [5, 5.41) is 42.2. The molecule has 0 spiro atoms. The Kier molecular flexibility index (Phi) is 7.71. The van der Waals surface area contributed by atoms with Crippen molar-refractivity contribution in [3.63, 3.8) is 0 Å². The first kappa shape index (κ1) is 23.3. The number of ether oxygens (including phenoxy) is 2. The maximum atomic E-state index is 14.1. The molecule has 0 radical (unpaired) electrons. The number of carbonyl (C=O) groups is 1. The number of allylic oxidation sites excluding steroid dienone is 4. The highest BCUT2D eigenvalue weighted by Crippen LogP contribution is 2.27. The molecule has 1 heterocycles. The van der Waals surface area contributed by atoms with Crippen molar-refractivity contribution in [3.8, 4) is 0 Å². The van der Waals surface area contributed by atoms with Crippen LogP contribution in [0.25, 0.3) is 0 Å². The summed E-state index contributed by atoms with van der Waals surface area (Å²) in [6, 6.07) is 8.82. The molecule has 7 unspecified atom stereocenters. The smallest absolute Gasteiger partial charge is 0.250 e. The standard InChI is InChI=1S/C22H26FNO7/c1-12(13-6-3-2-4-7-13)24-21(29)15-10-14(23)8-5-9-16(15)30-22-20(28)19(27)18(26)17(11-25)31-22/h2-10,12,16-20,22,25-28H,11H2,1H3,(H,24,29). The Morgan fingerprint density at radius 2 is 1.90 bits per heavy atom. The van der Waals surface area contributed by atoms with Crippen LogP contribution in [0.1, 0.15) is 18.5 Å². The van der Waals surface area contributed by atoms with Crippen LogP contribution >= 0.6 is 0 Å². The molecule has 1 aliphatic carbocycles. The zero-order valence-electron chi connectivity index (χ0n) is 16.8. The fourth-order valence-electron chi connectivity index (χ4n) is 3.37. The SMILES string of the molecule is CC(NC(=O)C1=CC(F)=CC=CC1OC1OC(CO)C(O)C(O)C1O)c1ccccc1. The number of rotatable bonds is 6. The summed E-state index contributed by atoms with van der Waals surface area (Å²) in [6.07, 6.45) is -3.72. The Labute approximate surface area is 178 Å². The van der Waals surface area contributed by atoms with Crippen LogP contribution in [-0.4, -0.2) is 69.8 Å². The van der Waals surface area contributed by atoms with Gasteiger partial charge in [0.2, 0.25) is 0 Å². The molecule has 1 aromatic carbocycles. The zero-order valence-corrected chi connectivity index (χ0v) is 16.8. The van der Waals surface area contributed by atoms with Gasteiger partial charge in [-0.1, -0.05) is 42.5 Å². The van der Waals surface area contributed by atoms with Gasteiger partial charge >= 0.3 is 0 Å². The lowest BCUT2D eigenvalue weighted by molar-refractivity contribution is -0.304. The van der Waals surface area contributed by atoms with E-state index >= 15 is 0 Å². The predicted octanol–water partition coefficient (Wildman–Crippen LogP) is 0.398. The van der Waals surface area contributed by atoms with Gasteiger partial charge in [-0.25, -0.2) is 4.39 Å². The van der Waals surface area contributed by atoms with E-state index < -0.39 is 55.2 Å². The third-order valence-electron chi connectivity index (χ3n) is 5.18. The van der Waals surface area contributed by atoms with Gasteiger partial charge in [0.15, 0.2) is 6.29 Å². The van der Waals surface area contributed by atoms with Gasteiger partial charge in [0, 0.05) is 0 Å². The highest BCUT2D eigenvalue weighted by atomic mass is 19.1. The Morgan fingerprint density at radius 1 is 1.19 bits per heavy atom. The second-order valence-corrected chi connectivity index (χ2v) is 7.40. The Balaban J connectivity index is 1.78. The van der Waals surface area contributed by atoms with Crippen LogP contribution in [0.15, 0.2) is 66.0 Å². The zero-order chi connectivity index (χ0) is 22.5. The number of benzene rings is 1. The molecule has 0 saturated carbocycles. The van der Waals surface area contributed by atoms with Crippen LogP contribution in [-0.2, 0) is 14.3 Å². The van der Waals surface area contributed by atoms with Gasteiger partial charge in [-0.05, 0) is 24.6 Å². The first-order valence-electron chi connectivity index (χ1n) is 9.89. The molecule has 1 fully saturated rings. The molecule has 1 saturated heterocycles. The third kappa shape index (κ3) is 5.45. The molecule has 1 aromatic rings. The first-order valence-corrected chi connectivity index (χ1v) is 9.89. The molecule has 5 N–H and O–H groups in total. The average molecular weight is 435 g/mol. The van der Waals surface area contributed by atoms with Crippen molar-refractivity contribution in [3.05, 3.63) is 71.6 Å². The largest absolute Gasteiger partial charge is 0.394 e. The van der Waals surface area contributed by atoms with Gasteiger partial charge in [-0.15, -0.1) is 0 Å². The number of halogens is 1. The van der Waals surface area contributed by atoms with Gasteiger partial charge in [0.25, 0.3) is 5.91 Å². The van der Waals surface area contributed by atoms with E-state index in [0.29, 0.717) is 0 Å². The summed E-state index contributed by atoms with van der Waals surface area (Å²) in [7, 11) is 0. The van der Waals surface area contributed by atoms with Crippen LogP contribution in [0, 0.1) is 0 Å². The van der Waals surface area contributed by atoms with Crippen LogP contribution < -0.4 is 5.32 Å². The quantitative estimate of drug-likeness (QED) is 0.438. The van der Waals surface area contributed by atoms with E-state index in [-0.39, 0.29) is 11.6 Å². The summed E-state index contributed by atoms with van der Waals surface area (Å²) in [6.45, 7) is 1.15. The minimum Gasteiger partial charge on any atom is -0.394 e. The van der Waals surface area contributed by atoms with Gasteiger partial charge in [0.1, 0.15) is 36.3 Å². The predicted molar refractivity (Wildman–Crippen MR) is 108 cm³/mol. The number of carbonyl (C=O) groups excluding carboxylic acids is 1. The summed E-state index contributed by atoms with van der Waals surface area (Å²) in [5.41, 5.74) is 0.769. The molecule has 0 aromatic heterocycles. The highest BCUT2D eigenvalue weighted by Gasteiger charge is 2.45. The molecule has 7 atom stereocenters. The van der Waals surface area contributed by atoms with E-state index in [1.165, 1.54) is 12.2 Å². The third-order valence-corrected chi connectivity index (χ3v) is 5.18. The highest BCUT2D eigenvalue weighted by molar-refractivity contribution is 5.95. The molecule has 3 rings (SSSR count). The lowest BCUT2D eigenvalue weighted by Gasteiger charge is -2.40. The summed E-state index contributed by atoms with van der Waals surface area (Å²) in [5.74, 6) is -1.27. The van der Waals surface area contributed by atoms with E-state index in [1.54, 1.807) is 6.92 Å². The van der Waals surface area contributed by atoms with Crippen LogP contribution in [0.4, 0.5) is 4.39 Å². The van der Waals surface area contributed by atoms with E-state index in [9.17, 15) is 29.6 Å². The van der Waals surface area contributed by atoms with Crippen molar-refractivity contribution in [1.29, 1.82) is 0 Å². The van der Waals surface area contributed by atoms with Gasteiger partial charge < -0.3 is 35.2 Å². The number of aliphatic hydroxyl groups excluding tert-OH is 4. The van der Waals surface area contributed by atoms with Crippen molar-refractivity contribution < 1.29 is 39.1 Å². The number of amides is 1. The summed E-state index contributed by atoms with van der Waals surface area (Å²) < 4.78 is 25.1. The minimum atomic E-state index is -1.65. The molecule has 9 heteroatoms. The number of aliphatic hydroxyl groups is 4. The molecular formula is C22H26FNO7. The average Bonchev–Trinajstić information content (AvgIpc) is 2.95. The van der Waals surface area contributed by atoms with Crippen LogP contribution in [0.5, 0.6) is 0 Å². The Morgan fingerprint density at radius 3 is 2.58 bits per heavy atom. The molecule has 8 nitrogen and oxygen atoms in total. The van der Waals surface area contributed by atoms with Crippen molar-refractivity contribution in [1.82, 2.24) is 5.32 Å². The molecular weight excluding hydrogens is 409 g/mol. The van der Waals surface area contributed by atoms with Gasteiger partial charge in [-0.2, -0.15) is 0 Å². The number of nitrogens with one attached hydrogen (secondary N) is 1. The maximum Gasteiger partial charge on any atom is 0.250 e. The van der Waals surface area contributed by atoms with E-state index in [2.05, 4.69) is 5.32 Å². The van der Waals surface area contributed by atoms with E-state index in [1.807, 2.05) is 30.3 Å². The second-order valence-electron chi connectivity index (χ2n) is 7.40. The van der Waals surface area contributed by atoms with Crippen LogP contribution in [0.3, 0.4) is 0 Å². The number of hydrogen-bond acceptors (Lipinski definition) is 7. The molecule has 1 aliphatic heterocycles. The van der Waals surface area contributed by atoms with Crippen molar-refractivity contribution in [2.24, 2.45) is 0 Å². The topological polar surface area (TPSA) is 128 Å². The molecule has 0 bridgehead atoms. The maximum absolute atomic E-state index is 14.1. The van der Waals surface area contributed by atoms with E-state index in [4.69, 9.17) is 9.47 Å². The Hall–Kier alpha value is -2.40. The van der Waals surface area contributed by atoms with Gasteiger partial charge in [0.05, 0.1) is 18.2 Å². The fourth-order valence-corrected chi connectivity index (χ4v) is 3.37.